The highest BCUT2D eigenvalue weighted by molar-refractivity contribution is 7.99. The predicted octanol–water partition coefficient (Wildman–Crippen LogP) is 2.51. The predicted molar refractivity (Wildman–Crippen MR) is 97.4 cm³/mol. The summed E-state index contributed by atoms with van der Waals surface area (Å²) < 4.78 is 2.28. The molecule has 0 amide bonds. The minimum atomic E-state index is 0.209. The van der Waals surface area contributed by atoms with E-state index in [1.807, 2.05) is 6.07 Å². The summed E-state index contributed by atoms with van der Waals surface area (Å²) >= 11 is 1.70. The summed E-state index contributed by atoms with van der Waals surface area (Å²) in [6.45, 7) is 5.17. The molecule has 1 saturated heterocycles. The number of benzene rings is 1. The van der Waals surface area contributed by atoms with Crippen LogP contribution < -0.4 is 5.32 Å². The van der Waals surface area contributed by atoms with Crippen molar-refractivity contribution in [2.75, 3.05) is 25.4 Å². The van der Waals surface area contributed by atoms with E-state index in [1.165, 1.54) is 5.56 Å². The van der Waals surface area contributed by atoms with Gasteiger partial charge in [-0.15, -0.1) is 10.2 Å². The van der Waals surface area contributed by atoms with Gasteiger partial charge >= 0.3 is 0 Å². The Labute approximate surface area is 147 Å². The lowest BCUT2D eigenvalue weighted by Gasteiger charge is -2.23. The number of hydrogen-bond donors (Lipinski definition) is 2. The van der Waals surface area contributed by atoms with Gasteiger partial charge in [-0.3, -0.25) is 0 Å². The summed E-state index contributed by atoms with van der Waals surface area (Å²) in [5.41, 5.74) is 1.27. The van der Waals surface area contributed by atoms with Crippen LogP contribution in [0.15, 0.2) is 35.5 Å². The van der Waals surface area contributed by atoms with Gasteiger partial charge in [0, 0.05) is 18.3 Å². The molecule has 2 heterocycles. The van der Waals surface area contributed by atoms with Crippen molar-refractivity contribution >= 4 is 11.8 Å². The lowest BCUT2D eigenvalue weighted by atomic mass is 9.97. The fourth-order valence-corrected chi connectivity index (χ4v) is 3.92. The van der Waals surface area contributed by atoms with E-state index in [9.17, 15) is 5.11 Å². The van der Waals surface area contributed by atoms with Crippen LogP contribution in [0, 0.1) is 5.92 Å². The Bertz CT molecular complexity index is 625. The van der Waals surface area contributed by atoms with Gasteiger partial charge in [-0.25, -0.2) is 0 Å². The number of rotatable bonds is 7. The zero-order chi connectivity index (χ0) is 16.8. The van der Waals surface area contributed by atoms with Crippen LogP contribution in [0.4, 0.5) is 0 Å². The summed E-state index contributed by atoms with van der Waals surface area (Å²) in [5, 5.41) is 22.7. The molecule has 24 heavy (non-hydrogen) atoms. The minimum absolute atomic E-state index is 0.209. The highest BCUT2D eigenvalue weighted by Crippen LogP contribution is 2.28. The number of thioether (sulfide) groups is 1. The second-order valence-corrected chi connectivity index (χ2v) is 7.52. The van der Waals surface area contributed by atoms with E-state index in [0.717, 1.165) is 49.2 Å². The number of nitrogens with zero attached hydrogens (tertiary/aromatic N) is 3. The Balaban J connectivity index is 1.83. The Kier molecular flexibility index (Phi) is 6.29. The Hall–Kier alpha value is -1.37. The Morgan fingerprint density at radius 3 is 2.71 bits per heavy atom. The van der Waals surface area contributed by atoms with Crippen LogP contribution in [0.25, 0.3) is 0 Å². The normalized spacial score (nSPS) is 17.1. The first-order valence-corrected chi connectivity index (χ1v) is 9.68. The van der Waals surface area contributed by atoms with Crippen molar-refractivity contribution in [2.45, 2.75) is 37.4 Å². The first-order chi connectivity index (χ1) is 11.8. The lowest BCUT2D eigenvalue weighted by Crippen LogP contribution is -2.28. The van der Waals surface area contributed by atoms with Gasteiger partial charge < -0.3 is 15.0 Å². The summed E-state index contributed by atoms with van der Waals surface area (Å²) in [7, 11) is 0. The quantitative estimate of drug-likeness (QED) is 0.754. The van der Waals surface area contributed by atoms with Crippen LogP contribution in [0.3, 0.4) is 0 Å². The van der Waals surface area contributed by atoms with Gasteiger partial charge in [0.2, 0.25) is 0 Å². The second kappa shape index (κ2) is 8.65. The molecule has 0 spiro atoms. The third kappa shape index (κ3) is 4.37. The van der Waals surface area contributed by atoms with Crippen molar-refractivity contribution in [3.05, 3.63) is 41.7 Å². The van der Waals surface area contributed by atoms with Crippen molar-refractivity contribution in [2.24, 2.45) is 5.92 Å². The fourth-order valence-electron chi connectivity index (χ4n) is 2.97. The number of aromatic nitrogens is 3. The average molecular weight is 347 g/mol. The van der Waals surface area contributed by atoms with E-state index in [-0.39, 0.29) is 12.5 Å². The van der Waals surface area contributed by atoms with Crippen LogP contribution in [0.1, 0.15) is 37.1 Å². The van der Waals surface area contributed by atoms with E-state index < -0.39 is 0 Å². The molecule has 1 aliphatic rings. The summed E-state index contributed by atoms with van der Waals surface area (Å²) in [6.07, 6.45) is 2.23. The summed E-state index contributed by atoms with van der Waals surface area (Å²) in [5.74, 6) is 2.71. The van der Waals surface area contributed by atoms with E-state index in [0.29, 0.717) is 5.92 Å². The first kappa shape index (κ1) is 17.5. The largest absolute Gasteiger partial charge is 0.396 e. The second-order valence-electron chi connectivity index (χ2n) is 6.54. The van der Waals surface area contributed by atoms with Crippen LogP contribution in [-0.2, 0) is 6.54 Å². The van der Waals surface area contributed by atoms with Gasteiger partial charge in [-0.1, -0.05) is 49.0 Å². The maximum atomic E-state index is 9.26. The van der Waals surface area contributed by atoms with Crippen LogP contribution >= 0.6 is 11.8 Å². The third-order valence-electron chi connectivity index (χ3n) is 4.44. The zero-order valence-corrected chi connectivity index (χ0v) is 15.0. The van der Waals surface area contributed by atoms with Crippen LogP contribution in [0.2, 0.25) is 0 Å². The molecule has 5 nitrogen and oxygen atoms in total. The van der Waals surface area contributed by atoms with E-state index >= 15 is 0 Å². The molecule has 0 saturated carbocycles. The highest BCUT2D eigenvalue weighted by atomic mass is 32.2. The molecule has 6 heteroatoms. The van der Waals surface area contributed by atoms with Gasteiger partial charge in [0.05, 0.1) is 6.54 Å². The van der Waals surface area contributed by atoms with Crippen molar-refractivity contribution < 1.29 is 5.11 Å². The molecular weight excluding hydrogens is 320 g/mol. The average Bonchev–Trinajstić information content (AvgIpc) is 3.04. The highest BCUT2D eigenvalue weighted by Gasteiger charge is 2.23. The molecule has 0 unspecified atom stereocenters. The van der Waals surface area contributed by atoms with E-state index in [4.69, 9.17) is 0 Å². The van der Waals surface area contributed by atoms with Gasteiger partial charge in [-0.2, -0.15) is 0 Å². The van der Waals surface area contributed by atoms with Crippen molar-refractivity contribution in [1.29, 1.82) is 0 Å². The monoisotopic (exact) mass is 346 g/mol. The number of aliphatic hydroxyl groups excluding tert-OH is 1. The topological polar surface area (TPSA) is 63.0 Å². The standard InChI is InChI=1S/C18H26N4OS/c1-14(12-23)13-24-18-21-20-17(16-7-9-19-10-8-16)22(18)11-15-5-3-2-4-6-15/h2-6,14,16,19,23H,7-13H2,1H3/t14-/m0/s1. The van der Waals surface area contributed by atoms with Gasteiger partial charge in [0.1, 0.15) is 5.82 Å². The van der Waals surface area contributed by atoms with Crippen molar-refractivity contribution in [1.82, 2.24) is 20.1 Å². The Morgan fingerprint density at radius 1 is 1.25 bits per heavy atom. The molecule has 0 aliphatic carbocycles. The first-order valence-electron chi connectivity index (χ1n) is 8.69. The molecule has 130 valence electrons. The molecule has 1 aromatic carbocycles. The summed E-state index contributed by atoms with van der Waals surface area (Å²) in [4.78, 5) is 0. The third-order valence-corrected chi connectivity index (χ3v) is 5.74. The van der Waals surface area contributed by atoms with Crippen molar-refractivity contribution in [3.8, 4) is 0 Å². The minimum Gasteiger partial charge on any atom is -0.396 e. The smallest absolute Gasteiger partial charge is 0.191 e. The molecule has 0 bridgehead atoms. The SMILES string of the molecule is C[C@@H](CO)CSc1nnc(C2CCNCC2)n1Cc1ccccc1. The summed E-state index contributed by atoms with van der Waals surface area (Å²) in [6, 6.07) is 10.5. The maximum absolute atomic E-state index is 9.26. The number of hydrogen-bond acceptors (Lipinski definition) is 5. The van der Waals surface area contributed by atoms with E-state index in [1.54, 1.807) is 11.8 Å². The number of aliphatic hydroxyl groups is 1. The number of piperidine rings is 1. The molecule has 2 aromatic rings. The van der Waals surface area contributed by atoms with Gasteiger partial charge in [0.25, 0.3) is 0 Å². The molecule has 1 atom stereocenters. The van der Waals surface area contributed by atoms with Crippen LogP contribution in [-0.4, -0.2) is 45.3 Å². The van der Waals surface area contributed by atoms with Gasteiger partial charge in [0.15, 0.2) is 5.16 Å². The molecular formula is C18H26N4OS. The molecule has 1 aliphatic heterocycles. The molecule has 1 aromatic heterocycles. The molecule has 0 radical (unpaired) electrons. The van der Waals surface area contributed by atoms with Gasteiger partial charge in [-0.05, 0) is 37.4 Å². The Morgan fingerprint density at radius 2 is 2.00 bits per heavy atom. The van der Waals surface area contributed by atoms with Crippen LogP contribution in [0.5, 0.6) is 0 Å². The van der Waals surface area contributed by atoms with Crippen molar-refractivity contribution in [3.63, 3.8) is 0 Å². The van der Waals surface area contributed by atoms with E-state index in [2.05, 4.69) is 51.3 Å². The molecule has 1 fully saturated rings. The molecule has 2 N–H and O–H groups in total. The lowest BCUT2D eigenvalue weighted by molar-refractivity contribution is 0.250. The maximum Gasteiger partial charge on any atom is 0.191 e. The zero-order valence-electron chi connectivity index (χ0n) is 14.2. The fraction of sp³-hybridized carbons (Fsp3) is 0.556. The molecule has 3 rings (SSSR count). The number of nitrogens with one attached hydrogen (secondary N) is 1.